The minimum Gasteiger partial charge on any atom is -0.309 e. The zero-order chi connectivity index (χ0) is 28.1. The lowest BCUT2D eigenvalue weighted by atomic mass is 9.48. The highest BCUT2D eigenvalue weighted by molar-refractivity contribution is 7.26. The Bertz CT molecular complexity index is 1790. The van der Waals surface area contributed by atoms with Crippen LogP contribution in [0.25, 0.3) is 20.2 Å². The molecule has 5 aromatic rings. The number of thiophene rings is 1. The van der Waals surface area contributed by atoms with Gasteiger partial charge in [-0.2, -0.15) is 0 Å². The predicted octanol–water partition coefficient (Wildman–Crippen LogP) is 11.9. The zero-order valence-corrected chi connectivity index (χ0v) is 25.9. The van der Waals surface area contributed by atoms with Crippen LogP contribution in [0.15, 0.2) is 91.0 Å². The fourth-order valence-corrected chi connectivity index (χ4v) is 12.5. The summed E-state index contributed by atoms with van der Waals surface area (Å²) in [5.41, 5.74) is 7.47. The van der Waals surface area contributed by atoms with Crippen LogP contribution in [0.1, 0.15) is 81.3 Å². The summed E-state index contributed by atoms with van der Waals surface area (Å²) in [4.78, 5) is 2.55. The maximum Gasteiger partial charge on any atom is 0.0640 e. The summed E-state index contributed by atoms with van der Waals surface area (Å²) >= 11 is 1.94. The molecule has 11 rings (SSSR count). The van der Waals surface area contributed by atoms with Crippen LogP contribution in [0.2, 0.25) is 0 Å². The van der Waals surface area contributed by atoms with Crippen molar-refractivity contribution in [1.29, 1.82) is 0 Å². The van der Waals surface area contributed by atoms with Crippen molar-refractivity contribution in [2.75, 3.05) is 4.90 Å². The zero-order valence-electron chi connectivity index (χ0n) is 25.1. The number of nitrogens with zero attached hydrogens (tertiary/aromatic N) is 1. The fraction of sp³-hybridized carbons (Fsp3) is 0.415. The molecule has 4 aromatic carbocycles. The number of hydrogen-bond donors (Lipinski definition) is 0. The summed E-state index contributed by atoms with van der Waals surface area (Å²) in [6.07, 6.45) is 14.5. The normalized spacial score (nSPS) is 32.3. The van der Waals surface area contributed by atoms with E-state index in [1.165, 1.54) is 101 Å². The van der Waals surface area contributed by atoms with Crippen LogP contribution >= 0.6 is 11.3 Å². The summed E-state index contributed by atoms with van der Waals surface area (Å²) < 4.78 is 2.75. The smallest absolute Gasteiger partial charge is 0.0640 e. The molecule has 0 radical (unpaired) electrons. The lowest BCUT2D eigenvalue weighted by Crippen LogP contribution is -2.48. The molecule has 3 unspecified atom stereocenters. The molecule has 6 bridgehead atoms. The molecule has 6 aliphatic carbocycles. The van der Waals surface area contributed by atoms with E-state index in [0.29, 0.717) is 5.41 Å². The second-order valence-electron chi connectivity index (χ2n) is 15.2. The van der Waals surface area contributed by atoms with Gasteiger partial charge in [-0.3, -0.25) is 0 Å². The minimum atomic E-state index is 0.436. The second kappa shape index (κ2) is 9.45. The molecule has 0 spiro atoms. The van der Waals surface area contributed by atoms with Gasteiger partial charge in [-0.15, -0.1) is 11.3 Å². The van der Waals surface area contributed by atoms with E-state index in [-0.39, 0.29) is 0 Å². The number of fused-ring (bicyclic) bond motifs is 5. The SMILES string of the molecule is c1ccc2c(c1)sc1c(N(c3ccc(C4CC5CCC4C5)cc3)c3ccc(C45CC6CC(CC(C6)C4)C5)cc3)cccc12. The Kier molecular flexibility index (Phi) is 5.55. The number of rotatable bonds is 5. The molecule has 0 saturated heterocycles. The molecular weight excluding hydrogens is 539 g/mol. The standard InChI is InChI=1S/C41H41NS/c1-2-7-39-35(4-1)36-5-3-6-38(40(36)43-39)42(33-14-10-30(11-15-33)37-22-26-8-9-31(37)21-26)34-16-12-32(13-17-34)41-23-27-18-28(24-41)20-29(19-27)25-41/h1-7,10-17,26-29,31,37H,8-9,18-25H2. The van der Waals surface area contributed by atoms with Gasteiger partial charge in [0, 0.05) is 26.8 Å². The summed E-state index contributed by atoms with van der Waals surface area (Å²) in [7, 11) is 0. The first-order valence-corrected chi connectivity index (χ1v) is 17.9. The van der Waals surface area contributed by atoms with Gasteiger partial charge in [0.05, 0.1) is 10.4 Å². The Labute approximate surface area is 259 Å². The highest BCUT2D eigenvalue weighted by atomic mass is 32.1. The van der Waals surface area contributed by atoms with Gasteiger partial charge in [0.15, 0.2) is 0 Å². The van der Waals surface area contributed by atoms with Gasteiger partial charge in [0.25, 0.3) is 0 Å². The summed E-state index contributed by atoms with van der Waals surface area (Å²) in [6, 6.07) is 35.5. The van der Waals surface area contributed by atoms with E-state index in [1.54, 1.807) is 11.1 Å². The maximum atomic E-state index is 2.55. The molecule has 0 aliphatic heterocycles. The van der Waals surface area contributed by atoms with Crippen LogP contribution in [0.3, 0.4) is 0 Å². The first-order chi connectivity index (χ1) is 21.2. The molecule has 0 N–H and O–H groups in total. The molecule has 6 aliphatic rings. The second-order valence-corrected chi connectivity index (χ2v) is 16.3. The monoisotopic (exact) mass is 579 g/mol. The fourth-order valence-electron chi connectivity index (χ4n) is 11.3. The van der Waals surface area contributed by atoms with E-state index in [0.717, 1.165) is 35.5 Å². The molecule has 216 valence electrons. The van der Waals surface area contributed by atoms with Gasteiger partial charge in [-0.05, 0) is 146 Å². The molecule has 6 saturated carbocycles. The van der Waals surface area contributed by atoms with Gasteiger partial charge in [0.2, 0.25) is 0 Å². The Morgan fingerprint density at radius 3 is 1.93 bits per heavy atom. The average molecular weight is 580 g/mol. The van der Waals surface area contributed by atoms with Crippen molar-refractivity contribution in [3.63, 3.8) is 0 Å². The third-order valence-electron chi connectivity index (χ3n) is 12.7. The van der Waals surface area contributed by atoms with Crippen LogP contribution in [-0.4, -0.2) is 0 Å². The van der Waals surface area contributed by atoms with Gasteiger partial charge in [-0.1, -0.05) is 61.0 Å². The first kappa shape index (κ1) is 25.2. The molecule has 2 heteroatoms. The first-order valence-electron chi connectivity index (χ1n) is 17.1. The largest absolute Gasteiger partial charge is 0.309 e. The molecule has 3 atom stereocenters. The molecule has 0 amide bonds. The topological polar surface area (TPSA) is 3.24 Å². The van der Waals surface area contributed by atoms with Crippen molar-refractivity contribution >= 4 is 48.6 Å². The lowest BCUT2D eigenvalue weighted by Gasteiger charge is -2.57. The highest BCUT2D eigenvalue weighted by Gasteiger charge is 2.51. The summed E-state index contributed by atoms with van der Waals surface area (Å²) in [5, 5.41) is 2.74. The Morgan fingerprint density at radius 2 is 1.26 bits per heavy atom. The highest BCUT2D eigenvalue weighted by Crippen LogP contribution is 2.61. The van der Waals surface area contributed by atoms with Crippen LogP contribution in [0.5, 0.6) is 0 Å². The Morgan fingerprint density at radius 1 is 0.581 bits per heavy atom. The third-order valence-corrected chi connectivity index (χ3v) is 13.9. The quantitative estimate of drug-likeness (QED) is 0.200. The van der Waals surface area contributed by atoms with Crippen molar-refractivity contribution in [2.24, 2.45) is 29.6 Å². The van der Waals surface area contributed by atoms with E-state index >= 15 is 0 Å². The van der Waals surface area contributed by atoms with Gasteiger partial charge in [-0.25, -0.2) is 0 Å². The molecule has 6 fully saturated rings. The van der Waals surface area contributed by atoms with E-state index in [2.05, 4.69) is 95.9 Å². The molecule has 1 nitrogen and oxygen atoms in total. The Balaban J connectivity index is 1.07. The van der Waals surface area contributed by atoms with Crippen molar-refractivity contribution in [3.05, 3.63) is 102 Å². The molecular formula is C41H41NS. The molecule has 1 heterocycles. The molecule has 43 heavy (non-hydrogen) atoms. The van der Waals surface area contributed by atoms with Gasteiger partial charge >= 0.3 is 0 Å². The van der Waals surface area contributed by atoms with E-state index in [1.807, 2.05) is 11.3 Å². The van der Waals surface area contributed by atoms with Crippen molar-refractivity contribution < 1.29 is 0 Å². The van der Waals surface area contributed by atoms with Crippen LogP contribution < -0.4 is 4.90 Å². The van der Waals surface area contributed by atoms with Gasteiger partial charge in [0.1, 0.15) is 0 Å². The van der Waals surface area contributed by atoms with Crippen LogP contribution in [0.4, 0.5) is 17.1 Å². The third kappa shape index (κ3) is 3.94. The van der Waals surface area contributed by atoms with Crippen molar-refractivity contribution in [3.8, 4) is 0 Å². The van der Waals surface area contributed by atoms with E-state index in [9.17, 15) is 0 Å². The van der Waals surface area contributed by atoms with Gasteiger partial charge < -0.3 is 4.90 Å². The molecule has 1 aromatic heterocycles. The van der Waals surface area contributed by atoms with Crippen molar-refractivity contribution in [1.82, 2.24) is 0 Å². The summed E-state index contributed by atoms with van der Waals surface area (Å²) in [5.74, 6) is 5.58. The van der Waals surface area contributed by atoms with E-state index < -0.39 is 0 Å². The van der Waals surface area contributed by atoms with E-state index in [4.69, 9.17) is 0 Å². The average Bonchev–Trinajstić information content (AvgIpc) is 3.77. The van der Waals surface area contributed by atoms with Crippen LogP contribution in [-0.2, 0) is 5.41 Å². The number of benzene rings is 4. The number of anilines is 3. The van der Waals surface area contributed by atoms with Crippen LogP contribution in [0, 0.1) is 29.6 Å². The number of hydrogen-bond acceptors (Lipinski definition) is 2. The van der Waals surface area contributed by atoms with Crippen molar-refractivity contribution in [2.45, 2.75) is 75.5 Å². The summed E-state index contributed by atoms with van der Waals surface area (Å²) in [6.45, 7) is 0. The maximum absolute atomic E-state index is 2.55. The predicted molar refractivity (Wildman–Crippen MR) is 182 cm³/mol. The Hall–Kier alpha value is -3.10. The lowest BCUT2D eigenvalue weighted by molar-refractivity contribution is -0.00518. The minimum absolute atomic E-state index is 0.436.